The van der Waals surface area contributed by atoms with Crippen molar-refractivity contribution in [1.29, 1.82) is 0 Å². The van der Waals surface area contributed by atoms with Gasteiger partial charge in [0.25, 0.3) is 11.5 Å². The molecule has 2 aromatic heterocycles. The first-order valence-electron chi connectivity index (χ1n) is 12.9. The Morgan fingerprint density at radius 2 is 1.61 bits per heavy atom. The number of rotatable bonds is 6. The zero-order valence-corrected chi connectivity index (χ0v) is 23.8. The molecule has 1 N–H and O–H groups in total. The fourth-order valence-corrected chi connectivity index (χ4v) is 4.68. The number of carbonyl (C=O) groups is 1. The van der Waals surface area contributed by atoms with Gasteiger partial charge in [-0.25, -0.2) is 18.7 Å². The van der Waals surface area contributed by atoms with Crippen LogP contribution < -0.4 is 10.9 Å². The molecular formula is C31H28F2N4O3S. The lowest BCUT2D eigenvalue weighted by Crippen LogP contribution is -2.23. The van der Waals surface area contributed by atoms with Gasteiger partial charge in [-0.2, -0.15) is 0 Å². The van der Waals surface area contributed by atoms with Crippen LogP contribution in [0.15, 0.2) is 88.8 Å². The van der Waals surface area contributed by atoms with Crippen molar-refractivity contribution < 1.29 is 17.8 Å². The number of carbonyl (C=O) groups excluding carboxylic acids is 1. The van der Waals surface area contributed by atoms with E-state index in [0.717, 1.165) is 33.9 Å². The van der Waals surface area contributed by atoms with Gasteiger partial charge in [0.15, 0.2) is 5.65 Å². The fourth-order valence-electron chi connectivity index (χ4n) is 4.25. The third-order valence-corrected chi connectivity index (χ3v) is 6.90. The Bertz CT molecular complexity index is 1800. The molecule has 10 heteroatoms. The number of benzene rings is 3. The number of hydrogen-bond acceptors (Lipinski definition) is 5. The van der Waals surface area contributed by atoms with Crippen LogP contribution in [0.4, 0.5) is 8.78 Å². The molecule has 0 aliphatic rings. The van der Waals surface area contributed by atoms with Crippen LogP contribution in [-0.2, 0) is 17.3 Å². The molecular weight excluding hydrogens is 546 g/mol. The molecule has 2 heterocycles. The topological polar surface area (TPSA) is 94.0 Å². The Hall–Kier alpha value is -4.57. The van der Waals surface area contributed by atoms with Crippen molar-refractivity contribution in [2.24, 2.45) is 0 Å². The first kappa shape index (κ1) is 29.4. The van der Waals surface area contributed by atoms with Crippen molar-refractivity contribution in [1.82, 2.24) is 19.9 Å². The molecule has 0 saturated carbocycles. The van der Waals surface area contributed by atoms with Crippen LogP contribution in [0.1, 0.15) is 35.3 Å². The summed E-state index contributed by atoms with van der Waals surface area (Å²) >= 11 is 0. The third kappa shape index (κ3) is 6.12. The van der Waals surface area contributed by atoms with Gasteiger partial charge in [0, 0.05) is 35.4 Å². The Balaban J connectivity index is 0.00000189. The van der Waals surface area contributed by atoms with Crippen molar-refractivity contribution in [2.45, 2.75) is 32.5 Å². The van der Waals surface area contributed by atoms with Crippen LogP contribution >= 0.6 is 0 Å². The summed E-state index contributed by atoms with van der Waals surface area (Å²) in [6, 6.07) is 20.4. The highest BCUT2D eigenvalue weighted by Crippen LogP contribution is 2.31. The lowest BCUT2D eigenvalue weighted by molar-refractivity contribution is 0.0951. The first-order valence-corrected chi connectivity index (χ1v) is 14.4. The van der Waals surface area contributed by atoms with E-state index in [1.54, 1.807) is 18.2 Å². The fraction of sp³-hybridized carbons (Fsp3) is 0.161. The molecule has 0 saturated heterocycles. The molecule has 5 rings (SSSR count). The van der Waals surface area contributed by atoms with E-state index in [2.05, 4.69) is 15.3 Å². The minimum atomic E-state index is -1.70. The molecule has 0 aliphatic heterocycles. The van der Waals surface area contributed by atoms with Gasteiger partial charge in [-0.05, 0) is 48.4 Å². The molecule has 1 amide bonds. The second-order valence-corrected chi connectivity index (χ2v) is 10.1. The molecule has 0 aliphatic carbocycles. The molecule has 0 spiro atoms. The predicted octanol–water partition coefficient (Wildman–Crippen LogP) is 5.73. The molecule has 210 valence electrons. The SMILES string of the molecule is CC.Cc1ccc(C(=O)NCc2ccccc2)cc1-c1nc(S(C)=O)nc2c1ccc(=O)n2-c1c(F)cccc1F. The molecule has 0 radical (unpaired) electrons. The standard InChI is InChI=1S/C29H22F2N4O3S.C2H6/c1-17-11-12-19(28(37)32-16-18-7-4-3-5-8-18)15-21(17)25-20-13-14-24(36)35(26-22(30)9-6-10-23(26)31)27(20)34-29(33-25)39(2)38;1-2/h3-15H,16H2,1-2H3,(H,32,37);1-2H3. The first-order chi connectivity index (χ1) is 19.7. The molecule has 5 aromatic rings. The van der Waals surface area contributed by atoms with Gasteiger partial charge in [0.05, 0.1) is 16.5 Å². The molecule has 0 bridgehead atoms. The Labute approximate surface area is 238 Å². The van der Waals surface area contributed by atoms with Crippen molar-refractivity contribution in [2.75, 3.05) is 6.26 Å². The van der Waals surface area contributed by atoms with Gasteiger partial charge in [0.2, 0.25) is 5.16 Å². The molecule has 1 unspecified atom stereocenters. The number of hydrogen-bond donors (Lipinski definition) is 1. The number of pyridine rings is 1. The van der Waals surface area contributed by atoms with Crippen molar-refractivity contribution in [3.63, 3.8) is 0 Å². The average molecular weight is 575 g/mol. The maximum absolute atomic E-state index is 14.8. The summed E-state index contributed by atoms with van der Waals surface area (Å²) in [6.45, 7) is 6.14. The zero-order chi connectivity index (χ0) is 29.7. The van der Waals surface area contributed by atoms with Crippen LogP contribution in [0.25, 0.3) is 28.0 Å². The molecule has 3 aromatic carbocycles. The number of aryl methyl sites for hydroxylation is 1. The maximum Gasteiger partial charge on any atom is 0.256 e. The largest absolute Gasteiger partial charge is 0.348 e. The van der Waals surface area contributed by atoms with Gasteiger partial charge in [0.1, 0.15) is 17.3 Å². The highest BCUT2D eigenvalue weighted by molar-refractivity contribution is 7.84. The Morgan fingerprint density at radius 3 is 2.27 bits per heavy atom. The quantitative estimate of drug-likeness (QED) is 0.262. The summed E-state index contributed by atoms with van der Waals surface area (Å²) in [5.74, 6) is -2.24. The summed E-state index contributed by atoms with van der Waals surface area (Å²) in [5.41, 5.74) is 1.37. The zero-order valence-electron chi connectivity index (χ0n) is 22.9. The summed E-state index contributed by atoms with van der Waals surface area (Å²) in [4.78, 5) is 34.7. The molecule has 1 atom stereocenters. The van der Waals surface area contributed by atoms with Crippen LogP contribution in [0.3, 0.4) is 0 Å². The Morgan fingerprint density at radius 1 is 0.927 bits per heavy atom. The number of aromatic nitrogens is 3. The Kier molecular flexibility index (Phi) is 9.14. The van der Waals surface area contributed by atoms with Crippen LogP contribution in [0.5, 0.6) is 0 Å². The van der Waals surface area contributed by atoms with Crippen molar-refractivity contribution >= 4 is 27.7 Å². The van der Waals surface area contributed by atoms with Crippen LogP contribution in [0, 0.1) is 18.6 Å². The second kappa shape index (κ2) is 12.7. The van der Waals surface area contributed by atoms with E-state index in [9.17, 15) is 22.6 Å². The number of nitrogens with zero attached hydrogens (tertiary/aromatic N) is 3. The monoisotopic (exact) mass is 574 g/mol. The highest BCUT2D eigenvalue weighted by atomic mass is 32.2. The van der Waals surface area contributed by atoms with E-state index >= 15 is 0 Å². The van der Waals surface area contributed by atoms with Crippen LogP contribution in [-0.4, -0.2) is 30.9 Å². The normalized spacial score (nSPS) is 11.5. The van der Waals surface area contributed by atoms with Crippen molar-refractivity contribution in [3.05, 3.63) is 118 Å². The van der Waals surface area contributed by atoms with E-state index < -0.39 is 33.7 Å². The van der Waals surface area contributed by atoms with E-state index in [0.29, 0.717) is 17.7 Å². The summed E-state index contributed by atoms with van der Waals surface area (Å²) in [7, 11) is -1.70. The van der Waals surface area contributed by atoms with E-state index in [-0.39, 0.29) is 27.8 Å². The smallest absolute Gasteiger partial charge is 0.256 e. The van der Waals surface area contributed by atoms with Gasteiger partial charge in [-0.1, -0.05) is 56.3 Å². The number of halogens is 2. The van der Waals surface area contributed by atoms with Crippen LogP contribution in [0.2, 0.25) is 0 Å². The number of amides is 1. The minimum Gasteiger partial charge on any atom is -0.348 e. The van der Waals surface area contributed by atoms with Gasteiger partial charge >= 0.3 is 0 Å². The summed E-state index contributed by atoms with van der Waals surface area (Å²) in [5, 5.41) is 3.04. The average Bonchev–Trinajstić information content (AvgIpc) is 2.98. The maximum atomic E-state index is 14.8. The van der Waals surface area contributed by atoms with E-state index in [1.165, 1.54) is 18.4 Å². The minimum absolute atomic E-state index is 0.111. The predicted molar refractivity (Wildman–Crippen MR) is 157 cm³/mol. The highest BCUT2D eigenvalue weighted by Gasteiger charge is 2.21. The van der Waals surface area contributed by atoms with Crippen molar-refractivity contribution in [3.8, 4) is 16.9 Å². The molecule has 7 nitrogen and oxygen atoms in total. The molecule has 41 heavy (non-hydrogen) atoms. The van der Waals surface area contributed by atoms with Gasteiger partial charge in [-0.3, -0.25) is 18.4 Å². The third-order valence-electron chi connectivity index (χ3n) is 6.20. The van der Waals surface area contributed by atoms with Gasteiger partial charge < -0.3 is 5.32 Å². The lowest BCUT2D eigenvalue weighted by Gasteiger charge is -2.15. The number of nitrogens with one attached hydrogen (secondary N) is 1. The summed E-state index contributed by atoms with van der Waals surface area (Å²) < 4.78 is 42.9. The van der Waals surface area contributed by atoms with E-state index in [4.69, 9.17) is 0 Å². The van der Waals surface area contributed by atoms with E-state index in [1.807, 2.05) is 51.1 Å². The number of para-hydroxylation sites is 1. The summed E-state index contributed by atoms with van der Waals surface area (Å²) in [6.07, 6.45) is 1.36. The second-order valence-electron chi connectivity index (χ2n) is 8.82. The lowest BCUT2D eigenvalue weighted by atomic mass is 9.99. The molecule has 0 fully saturated rings. The number of fused-ring (bicyclic) bond motifs is 1. The van der Waals surface area contributed by atoms with Gasteiger partial charge in [-0.15, -0.1) is 0 Å².